The first-order valence-electron chi connectivity index (χ1n) is 6.60. The van der Waals surface area contributed by atoms with Crippen LogP contribution in [0.5, 0.6) is 0 Å². The second kappa shape index (κ2) is 5.01. The monoisotopic (exact) mass is 236 g/mol. The summed E-state index contributed by atoms with van der Waals surface area (Å²) < 4.78 is 0. The van der Waals surface area contributed by atoms with E-state index in [1.807, 2.05) is 0 Å². The maximum absolute atomic E-state index is 2.31. The molecule has 0 aliphatic carbocycles. The molecule has 0 amide bonds. The van der Waals surface area contributed by atoms with Crippen LogP contribution in [0.1, 0.15) is 26.3 Å². The van der Waals surface area contributed by atoms with Crippen LogP contribution in [0, 0.1) is 6.92 Å². The average molecular weight is 236 g/mol. The van der Waals surface area contributed by atoms with E-state index in [-0.39, 0.29) is 5.31 Å². The molecule has 0 nitrogen and oxygen atoms in total. The highest BCUT2D eigenvalue weighted by atomic mass is 14.1. The van der Waals surface area contributed by atoms with Crippen LogP contribution in [0.15, 0.2) is 54.6 Å². The second-order valence-corrected chi connectivity index (χ2v) is 6.12. The molecule has 92 valence electrons. The van der Waals surface area contributed by atoms with Crippen molar-refractivity contribution in [3.63, 3.8) is 0 Å². The Hall–Kier alpha value is -1.50. The lowest BCUT2D eigenvalue weighted by Crippen LogP contribution is -2.48. The highest BCUT2D eigenvalue weighted by Crippen LogP contribution is 2.26. The summed E-state index contributed by atoms with van der Waals surface area (Å²) in [6, 6.07) is 19.7. The fourth-order valence-electron chi connectivity index (χ4n) is 2.69. The summed E-state index contributed by atoms with van der Waals surface area (Å²) in [7, 11) is 0. The molecule has 0 unspecified atom stereocenters. The lowest BCUT2D eigenvalue weighted by atomic mass is 9.28. The highest BCUT2D eigenvalue weighted by molar-refractivity contribution is 6.87. The fraction of sp³-hybridized carbons (Fsp3) is 0.294. The standard InChI is InChI=1S/C17H21B/c1-14-9-8-12-16(13-14)18(17(2,3)4)15-10-6-5-7-11-15/h5-13H,1-4H3. The van der Waals surface area contributed by atoms with Gasteiger partial charge in [0.2, 0.25) is 6.71 Å². The average Bonchev–Trinajstić information content (AvgIpc) is 2.28. The van der Waals surface area contributed by atoms with Gasteiger partial charge in [0.1, 0.15) is 0 Å². The van der Waals surface area contributed by atoms with Crippen LogP contribution in [0.4, 0.5) is 0 Å². The number of hydrogen-bond donors (Lipinski definition) is 0. The molecule has 0 aromatic heterocycles. The molecule has 0 saturated carbocycles. The molecule has 0 fully saturated rings. The quantitative estimate of drug-likeness (QED) is 0.701. The van der Waals surface area contributed by atoms with E-state index in [4.69, 9.17) is 0 Å². The van der Waals surface area contributed by atoms with Gasteiger partial charge in [-0.05, 0) is 6.92 Å². The van der Waals surface area contributed by atoms with Gasteiger partial charge in [0, 0.05) is 0 Å². The Labute approximate surface area is 111 Å². The summed E-state index contributed by atoms with van der Waals surface area (Å²) in [6.45, 7) is 9.54. The van der Waals surface area contributed by atoms with Crippen molar-refractivity contribution in [2.75, 3.05) is 0 Å². The van der Waals surface area contributed by atoms with Gasteiger partial charge >= 0.3 is 0 Å². The molecule has 2 aromatic rings. The topological polar surface area (TPSA) is 0 Å². The van der Waals surface area contributed by atoms with Crippen LogP contribution in [0.2, 0.25) is 5.31 Å². The Balaban J connectivity index is 2.51. The van der Waals surface area contributed by atoms with Gasteiger partial charge < -0.3 is 0 Å². The van der Waals surface area contributed by atoms with E-state index in [1.165, 1.54) is 16.5 Å². The molecule has 0 bridgehead atoms. The van der Waals surface area contributed by atoms with Gasteiger partial charge in [-0.2, -0.15) is 0 Å². The van der Waals surface area contributed by atoms with Crippen molar-refractivity contribution in [2.45, 2.75) is 33.0 Å². The van der Waals surface area contributed by atoms with Crippen molar-refractivity contribution < 1.29 is 0 Å². The first kappa shape index (κ1) is 12.9. The minimum Gasteiger partial charge on any atom is -0.0736 e. The Morgan fingerprint density at radius 2 is 1.39 bits per heavy atom. The zero-order valence-electron chi connectivity index (χ0n) is 11.8. The number of aryl methyl sites for hydroxylation is 1. The molecule has 0 aliphatic heterocycles. The molecule has 0 radical (unpaired) electrons. The third-order valence-electron chi connectivity index (χ3n) is 3.37. The number of hydrogen-bond acceptors (Lipinski definition) is 0. The molecule has 0 heterocycles. The van der Waals surface area contributed by atoms with Crippen molar-refractivity contribution in [2.24, 2.45) is 0 Å². The van der Waals surface area contributed by atoms with Gasteiger partial charge in [-0.1, -0.05) is 97.2 Å². The maximum Gasteiger partial charge on any atom is 0.214 e. The molecule has 2 aromatic carbocycles. The van der Waals surface area contributed by atoms with Crippen molar-refractivity contribution in [3.8, 4) is 0 Å². The van der Waals surface area contributed by atoms with Gasteiger partial charge in [-0.15, -0.1) is 0 Å². The largest absolute Gasteiger partial charge is 0.214 e. The fourth-order valence-corrected chi connectivity index (χ4v) is 2.69. The Morgan fingerprint density at radius 1 is 0.778 bits per heavy atom. The van der Waals surface area contributed by atoms with Crippen molar-refractivity contribution in [3.05, 3.63) is 60.2 Å². The lowest BCUT2D eigenvalue weighted by molar-refractivity contribution is 0.750. The molecular formula is C17H21B. The van der Waals surface area contributed by atoms with E-state index in [2.05, 4.69) is 82.3 Å². The smallest absolute Gasteiger partial charge is 0.0736 e. The van der Waals surface area contributed by atoms with E-state index >= 15 is 0 Å². The lowest BCUT2D eigenvalue weighted by Gasteiger charge is -2.28. The van der Waals surface area contributed by atoms with E-state index in [1.54, 1.807) is 0 Å². The minimum atomic E-state index is 0.217. The minimum absolute atomic E-state index is 0.217. The van der Waals surface area contributed by atoms with Gasteiger partial charge in [0.05, 0.1) is 0 Å². The number of rotatable bonds is 2. The molecule has 0 N–H and O–H groups in total. The summed E-state index contributed by atoms with van der Waals surface area (Å²) in [6.07, 6.45) is 0. The molecular weight excluding hydrogens is 215 g/mol. The van der Waals surface area contributed by atoms with Crippen LogP contribution in [0.25, 0.3) is 0 Å². The van der Waals surface area contributed by atoms with Gasteiger partial charge in [-0.3, -0.25) is 0 Å². The van der Waals surface area contributed by atoms with Crippen LogP contribution >= 0.6 is 0 Å². The molecule has 1 heteroatoms. The van der Waals surface area contributed by atoms with E-state index in [0.717, 1.165) is 0 Å². The van der Waals surface area contributed by atoms with E-state index in [9.17, 15) is 0 Å². The normalized spacial score (nSPS) is 11.3. The van der Waals surface area contributed by atoms with Gasteiger partial charge in [-0.25, -0.2) is 0 Å². The van der Waals surface area contributed by atoms with Crippen molar-refractivity contribution in [1.82, 2.24) is 0 Å². The van der Waals surface area contributed by atoms with Crippen molar-refractivity contribution in [1.29, 1.82) is 0 Å². The van der Waals surface area contributed by atoms with E-state index in [0.29, 0.717) is 6.71 Å². The molecule has 18 heavy (non-hydrogen) atoms. The Kier molecular flexibility index (Phi) is 3.61. The second-order valence-electron chi connectivity index (χ2n) is 6.12. The summed E-state index contributed by atoms with van der Waals surface area (Å²) in [4.78, 5) is 0. The SMILES string of the molecule is Cc1cccc(B(c2ccccc2)C(C)(C)C)c1. The summed E-state index contributed by atoms with van der Waals surface area (Å²) >= 11 is 0. The van der Waals surface area contributed by atoms with Gasteiger partial charge in [0.15, 0.2) is 0 Å². The first-order valence-corrected chi connectivity index (χ1v) is 6.60. The predicted octanol–water partition coefficient (Wildman–Crippen LogP) is 3.40. The van der Waals surface area contributed by atoms with E-state index < -0.39 is 0 Å². The van der Waals surface area contributed by atoms with Crippen LogP contribution in [-0.2, 0) is 0 Å². The summed E-state index contributed by atoms with van der Waals surface area (Å²) in [5.74, 6) is 0. The van der Waals surface area contributed by atoms with Crippen LogP contribution < -0.4 is 10.9 Å². The summed E-state index contributed by atoms with van der Waals surface area (Å²) in [5, 5.41) is 0.217. The molecule has 0 aliphatic rings. The van der Waals surface area contributed by atoms with Gasteiger partial charge in [0.25, 0.3) is 0 Å². The number of benzene rings is 2. The molecule has 0 spiro atoms. The molecule has 2 rings (SSSR count). The van der Waals surface area contributed by atoms with Crippen molar-refractivity contribution >= 4 is 17.6 Å². The van der Waals surface area contributed by atoms with Crippen LogP contribution in [-0.4, -0.2) is 6.71 Å². The highest BCUT2D eigenvalue weighted by Gasteiger charge is 2.31. The maximum atomic E-state index is 2.31. The zero-order chi connectivity index (χ0) is 13.2. The predicted molar refractivity (Wildman–Crippen MR) is 82.4 cm³/mol. The summed E-state index contributed by atoms with van der Waals surface area (Å²) in [5.41, 5.74) is 4.14. The zero-order valence-corrected chi connectivity index (χ0v) is 11.8. The third-order valence-corrected chi connectivity index (χ3v) is 3.37. The molecule has 0 atom stereocenters. The van der Waals surface area contributed by atoms with Crippen LogP contribution in [0.3, 0.4) is 0 Å². The third kappa shape index (κ3) is 2.84. The Bertz CT molecular complexity index is 509. The molecule has 0 saturated heterocycles. The Morgan fingerprint density at radius 3 is 1.94 bits per heavy atom. The first-order chi connectivity index (χ1) is 8.48.